The Kier molecular flexibility index (Phi) is 5.63. The van der Waals surface area contributed by atoms with E-state index >= 15 is 0 Å². The van der Waals surface area contributed by atoms with Gasteiger partial charge in [0, 0.05) is 4.47 Å². The zero-order valence-electron chi connectivity index (χ0n) is 10.7. The number of hydrogen-bond acceptors (Lipinski definition) is 2. The van der Waals surface area contributed by atoms with Gasteiger partial charge in [0.05, 0.1) is 12.2 Å². The van der Waals surface area contributed by atoms with Crippen molar-refractivity contribution >= 4 is 15.9 Å². The molecule has 0 aliphatic rings. The van der Waals surface area contributed by atoms with Crippen LogP contribution in [0.5, 0.6) is 0 Å². The molecule has 1 aromatic rings. The van der Waals surface area contributed by atoms with Gasteiger partial charge in [-0.3, -0.25) is 0 Å². The molecule has 0 bridgehead atoms. The molecule has 3 atom stereocenters. The van der Waals surface area contributed by atoms with E-state index < -0.39 is 12.2 Å². The minimum absolute atomic E-state index is 0.248. The highest BCUT2D eigenvalue weighted by molar-refractivity contribution is 9.10. The van der Waals surface area contributed by atoms with E-state index in [4.69, 9.17) is 0 Å². The molecule has 0 saturated carbocycles. The minimum atomic E-state index is -0.640. The molecule has 0 saturated heterocycles. The van der Waals surface area contributed by atoms with Gasteiger partial charge in [-0.25, -0.2) is 0 Å². The van der Waals surface area contributed by atoms with Crippen LogP contribution in [0.15, 0.2) is 22.7 Å². The van der Waals surface area contributed by atoms with Crippen LogP contribution >= 0.6 is 15.9 Å². The van der Waals surface area contributed by atoms with Crippen molar-refractivity contribution in [1.29, 1.82) is 0 Å². The largest absolute Gasteiger partial charge is 0.390 e. The molecule has 0 heterocycles. The first-order valence-electron chi connectivity index (χ1n) is 6.07. The summed E-state index contributed by atoms with van der Waals surface area (Å²) in [6.45, 7) is 6.01. The quantitative estimate of drug-likeness (QED) is 0.875. The average Bonchev–Trinajstić information content (AvgIpc) is 2.31. The van der Waals surface area contributed by atoms with E-state index in [0.717, 1.165) is 4.47 Å². The number of aryl methyl sites for hydroxylation is 1. The standard InChI is InChI=1S/C14H21BrO2/c1-4-13(16)14(17)8-9(2)11-5-6-12(15)10(3)7-11/h5-7,9,13-14,16-17H,4,8H2,1-3H3. The first kappa shape index (κ1) is 14.7. The summed E-state index contributed by atoms with van der Waals surface area (Å²) in [6, 6.07) is 6.22. The Balaban J connectivity index is 2.69. The Bertz CT molecular complexity index is 365. The van der Waals surface area contributed by atoms with Crippen molar-refractivity contribution in [2.75, 3.05) is 0 Å². The van der Waals surface area contributed by atoms with Crippen molar-refractivity contribution in [3.63, 3.8) is 0 Å². The smallest absolute Gasteiger partial charge is 0.0804 e. The molecule has 0 fully saturated rings. The lowest BCUT2D eigenvalue weighted by Crippen LogP contribution is -2.26. The van der Waals surface area contributed by atoms with Crippen LogP contribution in [0.25, 0.3) is 0 Å². The number of aliphatic hydroxyl groups excluding tert-OH is 2. The van der Waals surface area contributed by atoms with Gasteiger partial charge in [0.2, 0.25) is 0 Å². The Labute approximate surface area is 112 Å². The molecule has 1 aromatic carbocycles. The fraction of sp³-hybridized carbons (Fsp3) is 0.571. The second-order valence-corrected chi connectivity index (χ2v) is 5.54. The highest BCUT2D eigenvalue weighted by Gasteiger charge is 2.18. The van der Waals surface area contributed by atoms with Gasteiger partial charge < -0.3 is 10.2 Å². The normalized spacial score (nSPS) is 16.6. The lowest BCUT2D eigenvalue weighted by atomic mass is 9.92. The fourth-order valence-electron chi connectivity index (χ4n) is 1.90. The summed E-state index contributed by atoms with van der Waals surface area (Å²) in [5.41, 5.74) is 2.40. The van der Waals surface area contributed by atoms with E-state index in [-0.39, 0.29) is 5.92 Å². The topological polar surface area (TPSA) is 40.5 Å². The highest BCUT2D eigenvalue weighted by atomic mass is 79.9. The van der Waals surface area contributed by atoms with Gasteiger partial charge in [0.1, 0.15) is 0 Å². The van der Waals surface area contributed by atoms with E-state index in [2.05, 4.69) is 41.9 Å². The molecule has 1 rings (SSSR count). The molecule has 0 amide bonds. The molecule has 2 nitrogen and oxygen atoms in total. The van der Waals surface area contributed by atoms with Crippen LogP contribution in [-0.4, -0.2) is 22.4 Å². The maximum atomic E-state index is 9.81. The Morgan fingerprint density at radius 2 is 1.88 bits per heavy atom. The van der Waals surface area contributed by atoms with Crippen LogP contribution in [0.2, 0.25) is 0 Å². The van der Waals surface area contributed by atoms with Gasteiger partial charge in [-0.05, 0) is 42.9 Å². The summed E-state index contributed by atoms with van der Waals surface area (Å²) in [4.78, 5) is 0. The van der Waals surface area contributed by atoms with Gasteiger partial charge in [-0.1, -0.05) is 41.9 Å². The average molecular weight is 301 g/mol. The van der Waals surface area contributed by atoms with Crippen molar-refractivity contribution in [1.82, 2.24) is 0 Å². The number of aliphatic hydroxyl groups is 2. The predicted molar refractivity (Wildman–Crippen MR) is 74.2 cm³/mol. The Morgan fingerprint density at radius 3 is 2.41 bits per heavy atom. The molecule has 96 valence electrons. The number of hydrogen-bond donors (Lipinski definition) is 2. The van der Waals surface area contributed by atoms with Crippen LogP contribution in [0.1, 0.15) is 43.7 Å². The highest BCUT2D eigenvalue weighted by Crippen LogP contribution is 2.26. The lowest BCUT2D eigenvalue weighted by molar-refractivity contribution is 0.00953. The molecule has 3 heteroatoms. The van der Waals surface area contributed by atoms with E-state index in [9.17, 15) is 10.2 Å². The van der Waals surface area contributed by atoms with Gasteiger partial charge in [0.25, 0.3) is 0 Å². The van der Waals surface area contributed by atoms with Crippen LogP contribution in [-0.2, 0) is 0 Å². The van der Waals surface area contributed by atoms with Crippen molar-refractivity contribution < 1.29 is 10.2 Å². The molecule has 3 unspecified atom stereocenters. The van der Waals surface area contributed by atoms with Gasteiger partial charge in [-0.2, -0.15) is 0 Å². The van der Waals surface area contributed by atoms with E-state index in [0.29, 0.717) is 12.8 Å². The van der Waals surface area contributed by atoms with E-state index in [1.54, 1.807) is 0 Å². The molecule has 0 spiro atoms. The predicted octanol–water partition coefficient (Wildman–Crippen LogP) is 3.38. The third-order valence-corrected chi connectivity index (χ3v) is 4.10. The Hall–Kier alpha value is -0.380. The zero-order chi connectivity index (χ0) is 13.0. The SMILES string of the molecule is CCC(O)C(O)CC(C)c1ccc(Br)c(C)c1. The van der Waals surface area contributed by atoms with Crippen molar-refractivity contribution in [3.8, 4) is 0 Å². The third kappa shape index (κ3) is 4.09. The summed E-state index contributed by atoms with van der Waals surface area (Å²) < 4.78 is 1.10. The first-order chi connectivity index (χ1) is 7.95. The van der Waals surface area contributed by atoms with Gasteiger partial charge >= 0.3 is 0 Å². The molecule has 0 aliphatic heterocycles. The summed E-state index contributed by atoms with van der Waals surface area (Å²) in [5, 5.41) is 19.4. The molecule has 17 heavy (non-hydrogen) atoms. The van der Waals surface area contributed by atoms with Crippen LogP contribution in [0.3, 0.4) is 0 Å². The molecule has 0 aromatic heterocycles. The molecular weight excluding hydrogens is 280 g/mol. The minimum Gasteiger partial charge on any atom is -0.390 e. The summed E-state index contributed by atoms with van der Waals surface area (Å²) in [6.07, 6.45) is -0.0727. The van der Waals surface area contributed by atoms with Crippen molar-refractivity contribution in [2.45, 2.75) is 51.7 Å². The Morgan fingerprint density at radius 1 is 1.24 bits per heavy atom. The molecular formula is C14H21BrO2. The summed E-state index contributed by atoms with van der Waals surface area (Å²) in [5.74, 6) is 0.248. The second kappa shape index (κ2) is 6.53. The number of benzene rings is 1. The maximum absolute atomic E-state index is 9.81. The first-order valence-corrected chi connectivity index (χ1v) is 6.87. The fourth-order valence-corrected chi connectivity index (χ4v) is 2.15. The van der Waals surface area contributed by atoms with Gasteiger partial charge in [-0.15, -0.1) is 0 Å². The monoisotopic (exact) mass is 300 g/mol. The zero-order valence-corrected chi connectivity index (χ0v) is 12.2. The van der Waals surface area contributed by atoms with Crippen LogP contribution in [0.4, 0.5) is 0 Å². The van der Waals surface area contributed by atoms with E-state index in [1.165, 1.54) is 11.1 Å². The lowest BCUT2D eigenvalue weighted by Gasteiger charge is -2.21. The van der Waals surface area contributed by atoms with Gasteiger partial charge in [0.15, 0.2) is 0 Å². The summed E-state index contributed by atoms with van der Waals surface area (Å²) in [7, 11) is 0. The van der Waals surface area contributed by atoms with Crippen LogP contribution < -0.4 is 0 Å². The number of rotatable bonds is 5. The van der Waals surface area contributed by atoms with Crippen molar-refractivity contribution in [3.05, 3.63) is 33.8 Å². The third-order valence-electron chi connectivity index (χ3n) is 3.21. The molecule has 2 N–H and O–H groups in total. The van der Waals surface area contributed by atoms with Crippen molar-refractivity contribution in [2.24, 2.45) is 0 Å². The second-order valence-electron chi connectivity index (χ2n) is 4.69. The maximum Gasteiger partial charge on any atom is 0.0804 e. The number of halogens is 1. The van der Waals surface area contributed by atoms with Crippen LogP contribution in [0, 0.1) is 6.92 Å². The summed E-state index contributed by atoms with van der Waals surface area (Å²) >= 11 is 3.47. The van der Waals surface area contributed by atoms with E-state index in [1.807, 2.05) is 13.0 Å². The molecule has 0 aliphatic carbocycles. The molecule has 0 radical (unpaired) electrons.